The molecule has 0 atom stereocenters. The minimum atomic E-state index is -4.96. The molecule has 2 amide bonds. The first-order valence-electron chi connectivity index (χ1n) is 7.98. The van der Waals surface area contributed by atoms with Gasteiger partial charge >= 0.3 is 12.1 Å². The lowest BCUT2D eigenvalue weighted by Gasteiger charge is -2.18. The number of halogens is 3. The zero-order chi connectivity index (χ0) is 19.4. The van der Waals surface area contributed by atoms with E-state index >= 15 is 0 Å². The molecule has 0 aromatic heterocycles. The van der Waals surface area contributed by atoms with E-state index in [1.807, 2.05) is 0 Å². The van der Waals surface area contributed by atoms with E-state index in [-0.39, 0.29) is 18.0 Å². The van der Waals surface area contributed by atoms with Crippen LogP contribution in [0, 0.1) is 0 Å². The van der Waals surface area contributed by atoms with Gasteiger partial charge in [-0.15, -0.1) is 0 Å². The maximum absolute atomic E-state index is 12.2. The molecule has 27 heavy (non-hydrogen) atoms. The van der Waals surface area contributed by atoms with Crippen molar-refractivity contribution in [3.05, 3.63) is 48.0 Å². The Kier molecular flexibility index (Phi) is 5.20. The molecule has 0 saturated heterocycles. The van der Waals surface area contributed by atoms with Gasteiger partial charge in [0.2, 0.25) is 5.91 Å². The number of carbonyl (C=O) groups excluding carboxylic acids is 2. The van der Waals surface area contributed by atoms with E-state index in [0.717, 1.165) is 5.56 Å². The van der Waals surface area contributed by atoms with E-state index in [0.29, 0.717) is 30.4 Å². The van der Waals surface area contributed by atoms with Crippen molar-refractivity contribution in [1.82, 2.24) is 0 Å². The predicted octanol–water partition coefficient (Wildman–Crippen LogP) is 3.14. The highest BCUT2D eigenvalue weighted by Crippen LogP contribution is 2.31. The molecule has 0 radical (unpaired) electrons. The van der Waals surface area contributed by atoms with Crippen LogP contribution in [0.25, 0.3) is 0 Å². The van der Waals surface area contributed by atoms with Gasteiger partial charge in [-0.05, 0) is 42.0 Å². The molecule has 0 bridgehead atoms. The molecule has 142 valence electrons. The molecule has 1 aliphatic rings. The zero-order valence-electron chi connectivity index (χ0n) is 13.9. The number of ether oxygens (including phenoxy) is 2. The van der Waals surface area contributed by atoms with Crippen LogP contribution in [0.1, 0.15) is 5.56 Å². The molecule has 3 rings (SSSR count). The quantitative estimate of drug-likeness (QED) is 0.855. The summed E-state index contributed by atoms with van der Waals surface area (Å²) in [4.78, 5) is 23.0. The number of carbonyl (C=O) groups is 2. The number of amides is 2. The third kappa shape index (κ3) is 4.90. The first kappa shape index (κ1) is 18.6. The van der Waals surface area contributed by atoms with Crippen LogP contribution in [-0.2, 0) is 16.0 Å². The van der Waals surface area contributed by atoms with Crippen LogP contribution >= 0.6 is 0 Å². The summed E-state index contributed by atoms with van der Waals surface area (Å²) in [5.41, 5.74) is 1.09. The Labute approximate surface area is 152 Å². The summed E-state index contributed by atoms with van der Waals surface area (Å²) >= 11 is 0. The maximum atomic E-state index is 12.2. The van der Waals surface area contributed by atoms with Crippen molar-refractivity contribution >= 4 is 23.2 Å². The van der Waals surface area contributed by atoms with Gasteiger partial charge in [0.1, 0.15) is 13.2 Å². The predicted molar refractivity (Wildman–Crippen MR) is 90.9 cm³/mol. The summed E-state index contributed by atoms with van der Waals surface area (Å²) in [6.07, 6.45) is -4.88. The van der Waals surface area contributed by atoms with Gasteiger partial charge in [0.15, 0.2) is 11.5 Å². The molecule has 0 spiro atoms. The second-order valence-corrected chi connectivity index (χ2v) is 5.73. The minimum Gasteiger partial charge on any atom is -0.486 e. The maximum Gasteiger partial charge on any atom is 0.471 e. The fourth-order valence-electron chi connectivity index (χ4n) is 2.43. The summed E-state index contributed by atoms with van der Waals surface area (Å²) in [5, 5.41) is 4.36. The molecule has 0 aliphatic carbocycles. The average Bonchev–Trinajstić information content (AvgIpc) is 2.62. The van der Waals surface area contributed by atoms with Crippen molar-refractivity contribution in [1.29, 1.82) is 0 Å². The fraction of sp³-hybridized carbons (Fsp3) is 0.222. The SMILES string of the molecule is O=C(Cc1ccc2c(c1)OCCO2)Nc1ccc(NC(=O)C(F)(F)F)cc1. The zero-order valence-corrected chi connectivity index (χ0v) is 13.9. The lowest BCUT2D eigenvalue weighted by atomic mass is 10.1. The highest BCUT2D eigenvalue weighted by Gasteiger charge is 2.38. The Hall–Kier alpha value is -3.23. The highest BCUT2D eigenvalue weighted by atomic mass is 19.4. The van der Waals surface area contributed by atoms with Gasteiger partial charge < -0.3 is 20.1 Å². The van der Waals surface area contributed by atoms with E-state index in [1.165, 1.54) is 24.3 Å². The number of nitrogens with one attached hydrogen (secondary N) is 2. The Morgan fingerprint density at radius 2 is 1.48 bits per heavy atom. The van der Waals surface area contributed by atoms with E-state index in [4.69, 9.17) is 9.47 Å². The molecule has 0 saturated carbocycles. The number of hydrogen-bond acceptors (Lipinski definition) is 4. The van der Waals surface area contributed by atoms with Gasteiger partial charge in [0.05, 0.1) is 6.42 Å². The molecule has 1 aliphatic heterocycles. The summed E-state index contributed by atoms with van der Waals surface area (Å²) in [6.45, 7) is 0.923. The molecule has 0 unspecified atom stereocenters. The lowest BCUT2D eigenvalue weighted by Crippen LogP contribution is -2.29. The van der Waals surface area contributed by atoms with E-state index in [2.05, 4.69) is 5.32 Å². The Morgan fingerprint density at radius 3 is 2.11 bits per heavy atom. The topological polar surface area (TPSA) is 76.7 Å². The Bertz CT molecular complexity index is 851. The van der Waals surface area contributed by atoms with Crippen molar-refractivity contribution in [3.8, 4) is 11.5 Å². The van der Waals surface area contributed by atoms with Crippen LogP contribution in [0.3, 0.4) is 0 Å². The Morgan fingerprint density at radius 1 is 0.889 bits per heavy atom. The van der Waals surface area contributed by atoms with E-state index < -0.39 is 12.1 Å². The largest absolute Gasteiger partial charge is 0.486 e. The number of alkyl halides is 3. The van der Waals surface area contributed by atoms with Crippen molar-refractivity contribution < 1.29 is 32.2 Å². The number of anilines is 2. The van der Waals surface area contributed by atoms with Gasteiger partial charge in [-0.25, -0.2) is 0 Å². The van der Waals surface area contributed by atoms with Crippen LogP contribution in [0.5, 0.6) is 11.5 Å². The molecule has 6 nitrogen and oxygen atoms in total. The number of fused-ring (bicyclic) bond motifs is 1. The summed E-state index contributed by atoms with van der Waals surface area (Å²) < 4.78 is 47.5. The smallest absolute Gasteiger partial charge is 0.471 e. The van der Waals surface area contributed by atoms with Gasteiger partial charge in [-0.3, -0.25) is 9.59 Å². The summed E-state index contributed by atoms with van der Waals surface area (Å²) in [6, 6.07) is 10.5. The minimum absolute atomic E-state index is 0.0258. The third-order valence-corrected chi connectivity index (χ3v) is 3.66. The molecule has 9 heteroatoms. The van der Waals surface area contributed by atoms with E-state index in [9.17, 15) is 22.8 Å². The van der Waals surface area contributed by atoms with Crippen LogP contribution in [0.4, 0.5) is 24.5 Å². The number of rotatable bonds is 4. The van der Waals surface area contributed by atoms with Gasteiger partial charge in [-0.1, -0.05) is 6.07 Å². The number of hydrogen-bond donors (Lipinski definition) is 2. The monoisotopic (exact) mass is 380 g/mol. The molecule has 2 N–H and O–H groups in total. The van der Waals surface area contributed by atoms with Gasteiger partial charge in [-0.2, -0.15) is 13.2 Å². The average molecular weight is 380 g/mol. The molecular weight excluding hydrogens is 365 g/mol. The van der Waals surface area contributed by atoms with E-state index in [1.54, 1.807) is 23.5 Å². The fourth-order valence-corrected chi connectivity index (χ4v) is 2.43. The lowest BCUT2D eigenvalue weighted by molar-refractivity contribution is -0.167. The van der Waals surface area contributed by atoms with Crippen LogP contribution < -0.4 is 20.1 Å². The Balaban J connectivity index is 1.57. The standard InChI is InChI=1S/C18H15F3N2O4/c19-18(20,21)17(25)23-13-4-2-12(3-5-13)22-16(24)10-11-1-6-14-15(9-11)27-8-7-26-14/h1-6,9H,7-8,10H2,(H,22,24)(H,23,25). The first-order valence-corrected chi connectivity index (χ1v) is 7.98. The van der Waals surface area contributed by atoms with Crippen molar-refractivity contribution in [2.45, 2.75) is 12.6 Å². The van der Waals surface area contributed by atoms with Gasteiger partial charge in [0, 0.05) is 11.4 Å². The molecule has 2 aromatic carbocycles. The summed E-state index contributed by atoms with van der Waals surface area (Å²) in [5.74, 6) is -1.16. The van der Waals surface area contributed by atoms with Crippen LogP contribution in [-0.4, -0.2) is 31.2 Å². The van der Waals surface area contributed by atoms with Crippen LogP contribution in [0.2, 0.25) is 0 Å². The molecular formula is C18H15F3N2O4. The summed E-state index contributed by atoms with van der Waals surface area (Å²) in [7, 11) is 0. The molecule has 1 heterocycles. The van der Waals surface area contributed by atoms with Gasteiger partial charge in [0.25, 0.3) is 0 Å². The molecule has 0 fully saturated rings. The third-order valence-electron chi connectivity index (χ3n) is 3.66. The second kappa shape index (κ2) is 7.56. The highest BCUT2D eigenvalue weighted by molar-refractivity contribution is 5.96. The van der Waals surface area contributed by atoms with Crippen molar-refractivity contribution in [2.75, 3.05) is 23.8 Å². The second-order valence-electron chi connectivity index (χ2n) is 5.73. The van der Waals surface area contributed by atoms with Crippen molar-refractivity contribution in [3.63, 3.8) is 0 Å². The van der Waals surface area contributed by atoms with Crippen molar-refractivity contribution in [2.24, 2.45) is 0 Å². The number of benzene rings is 2. The normalized spacial score (nSPS) is 13.0. The van der Waals surface area contributed by atoms with Crippen LogP contribution in [0.15, 0.2) is 42.5 Å². The molecule has 2 aromatic rings. The first-order chi connectivity index (χ1) is 12.8.